The van der Waals surface area contributed by atoms with Crippen LogP contribution < -0.4 is 9.64 Å². The summed E-state index contributed by atoms with van der Waals surface area (Å²) in [6.07, 6.45) is 0.299. The van der Waals surface area contributed by atoms with E-state index in [9.17, 15) is 14.7 Å². The molecule has 10 heteroatoms. The Morgan fingerprint density at radius 1 is 1.19 bits per heavy atom. The number of aromatic nitrogens is 3. The first-order valence-corrected chi connectivity index (χ1v) is 9.98. The Hall–Kier alpha value is -3.33. The number of carboxylic acids is 1. The van der Waals surface area contributed by atoms with Gasteiger partial charge in [0, 0.05) is 11.6 Å². The normalized spacial score (nSPS) is 11.4. The van der Waals surface area contributed by atoms with Crippen molar-refractivity contribution in [2.75, 3.05) is 11.5 Å². The molecule has 0 aliphatic heterocycles. The maximum absolute atomic E-state index is 13.3. The fourth-order valence-electron chi connectivity index (χ4n) is 2.95. The Morgan fingerprint density at radius 3 is 2.45 bits per heavy atom. The zero-order valence-corrected chi connectivity index (χ0v) is 18.4. The number of ether oxygens (including phenoxy) is 2. The number of rotatable bonds is 6. The molecule has 0 saturated heterocycles. The average molecular weight is 447 g/mol. The molecule has 3 rings (SSSR count). The van der Waals surface area contributed by atoms with Gasteiger partial charge in [0.2, 0.25) is 0 Å². The molecule has 0 fully saturated rings. The predicted octanol–water partition coefficient (Wildman–Crippen LogP) is 4.48. The molecular weight excluding hydrogens is 424 g/mol. The number of benzene rings is 1. The van der Waals surface area contributed by atoms with Gasteiger partial charge in [-0.05, 0) is 52.0 Å². The third kappa shape index (κ3) is 5.05. The van der Waals surface area contributed by atoms with Gasteiger partial charge >= 0.3 is 12.1 Å². The summed E-state index contributed by atoms with van der Waals surface area (Å²) in [5.74, 6) is -0.369. The van der Waals surface area contributed by atoms with E-state index in [1.54, 1.807) is 51.1 Å². The summed E-state index contributed by atoms with van der Waals surface area (Å²) in [6, 6.07) is 8.35. The lowest BCUT2D eigenvalue weighted by Crippen LogP contribution is -2.36. The molecule has 0 spiro atoms. The van der Waals surface area contributed by atoms with Crippen molar-refractivity contribution in [1.82, 2.24) is 14.6 Å². The number of carbonyl (C=O) groups excluding carboxylic acids is 1. The van der Waals surface area contributed by atoms with Crippen molar-refractivity contribution in [3.8, 4) is 5.75 Å². The van der Waals surface area contributed by atoms with Crippen molar-refractivity contribution in [2.45, 2.75) is 39.7 Å². The van der Waals surface area contributed by atoms with Gasteiger partial charge in [-0.15, -0.1) is 0 Å². The van der Waals surface area contributed by atoms with Crippen molar-refractivity contribution in [2.24, 2.45) is 0 Å². The van der Waals surface area contributed by atoms with Crippen LogP contribution in [0.25, 0.3) is 5.65 Å². The number of carboxylic acid groups (broad SMARTS) is 1. The third-order valence-corrected chi connectivity index (χ3v) is 4.39. The number of aliphatic carboxylic acids is 1. The number of hydrogen-bond donors (Lipinski definition) is 1. The molecule has 0 radical (unpaired) electrons. The van der Waals surface area contributed by atoms with Crippen LogP contribution in [0.5, 0.6) is 5.75 Å². The van der Waals surface area contributed by atoms with Gasteiger partial charge in [0.25, 0.3) is 0 Å². The van der Waals surface area contributed by atoms with Crippen molar-refractivity contribution in [3.05, 3.63) is 47.2 Å². The van der Waals surface area contributed by atoms with Gasteiger partial charge in [-0.1, -0.05) is 11.6 Å². The van der Waals surface area contributed by atoms with Crippen LogP contribution in [-0.4, -0.2) is 44.0 Å². The second-order valence-corrected chi connectivity index (χ2v) is 7.98. The Balaban J connectivity index is 2.26. The molecule has 1 N–H and O–H groups in total. The summed E-state index contributed by atoms with van der Waals surface area (Å²) >= 11 is 6.33. The highest BCUT2D eigenvalue weighted by molar-refractivity contribution is 6.31. The van der Waals surface area contributed by atoms with Crippen LogP contribution in [0.4, 0.5) is 16.3 Å². The fourth-order valence-corrected chi connectivity index (χ4v) is 3.18. The number of fused-ring (bicyclic) bond motifs is 1. The largest absolute Gasteiger partial charge is 0.494 e. The lowest BCUT2D eigenvalue weighted by Gasteiger charge is -2.29. The minimum absolute atomic E-state index is 0.0371. The minimum atomic E-state index is -1.13. The lowest BCUT2D eigenvalue weighted by molar-refractivity contribution is -0.136. The van der Waals surface area contributed by atoms with Gasteiger partial charge in [0.05, 0.1) is 24.9 Å². The monoisotopic (exact) mass is 446 g/mol. The van der Waals surface area contributed by atoms with E-state index in [1.807, 2.05) is 6.92 Å². The average Bonchev–Trinajstić information content (AvgIpc) is 3.12. The lowest BCUT2D eigenvalue weighted by atomic mass is 10.2. The van der Waals surface area contributed by atoms with E-state index in [-0.39, 0.29) is 16.5 Å². The number of halogens is 1. The number of nitrogens with zero attached hydrogens (tertiary/aromatic N) is 4. The Kier molecular flexibility index (Phi) is 6.35. The molecule has 1 amide bonds. The quantitative estimate of drug-likeness (QED) is 0.556. The Morgan fingerprint density at radius 2 is 1.87 bits per heavy atom. The molecule has 1 aromatic carbocycles. The third-order valence-electron chi connectivity index (χ3n) is 4.08. The summed E-state index contributed by atoms with van der Waals surface area (Å²) in [6.45, 7) is 7.58. The molecule has 0 aliphatic carbocycles. The van der Waals surface area contributed by atoms with Crippen LogP contribution in [0.3, 0.4) is 0 Å². The van der Waals surface area contributed by atoms with Crippen LogP contribution in [0.1, 0.15) is 33.3 Å². The van der Waals surface area contributed by atoms with Gasteiger partial charge < -0.3 is 14.6 Å². The van der Waals surface area contributed by atoms with Crippen LogP contribution in [0, 0.1) is 0 Å². The van der Waals surface area contributed by atoms with E-state index >= 15 is 0 Å². The maximum atomic E-state index is 13.3. The SMILES string of the molecule is CCOc1ccc(N(C(=O)OC(C)(C)C)c2c(CC(=O)O)c(Cl)nc3ccnn23)cc1. The van der Waals surface area contributed by atoms with Gasteiger partial charge in [0.15, 0.2) is 11.5 Å². The second kappa shape index (κ2) is 8.81. The van der Waals surface area contributed by atoms with Crippen molar-refractivity contribution < 1.29 is 24.2 Å². The molecular formula is C21H23ClN4O5. The molecule has 0 saturated carbocycles. The highest BCUT2D eigenvalue weighted by atomic mass is 35.5. The van der Waals surface area contributed by atoms with E-state index in [0.717, 1.165) is 0 Å². The molecule has 2 aromatic heterocycles. The summed E-state index contributed by atoms with van der Waals surface area (Å²) in [7, 11) is 0. The molecule has 0 bridgehead atoms. The first-order chi connectivity index (χ1) is 14.6. The van der Waals surface area contributed by atoms with E-state index in [1.165, 1.54) is 15.6 Å². The summed E-state index contributed by atoms with van der Waals surface area (Å²) in [5, 5.41) is 13.6. The molecule has 0 unspecified atom stereocenters. The van der Waals surface area contributed by atoms with Gasteiger partial charge in [-0.25, -0.2) is 14.7 Å². The van der Waals surface area contributed by atoms with Gasteiger partial charge in [0.1, 0.15) is 16.5 Å². The molecule has 2 heterocycles. The molecule has 164 valence electrons. The van der Waals surface area contributed by atoms with Crippen LogP contribution in [-0.2, 0) is 16.0 Å². The van der Waals surface area contributed by atoms with Gasteiger partial charge in [-0.3, -0.25) is 4.79 Å². The molecule has 0 atom stereocenters. The van der Waals surface area contributed by atoms with Crippen LogP contribution in [0.2, 0.25) is 5.15 Å². The number of carbonyl (C=O) groups is 2. The van der Waals surface area contributed by atoms with Crippen LogP contribution >= 0.6 is 11.6 Å². The zero-order valence-electron chi connectivity index (χ0n) is 17.6. The molecule has 9 nitrogen and oxygen atoms in total. The maximum Gasteiger partial charge on any atom is 0.420 e. The van der Waals surface area contributed by atoms with E-state index in [2.05, 4.69) is 10.1 Å². The first kappa shape index (κ1) is 22.4. The summed E-state index contributed by atoms with van der Waals surface area (Å²) in [5.41, 5.74) is 0.107. The molecule has 0 aliphatic rings. The topological polar surface area (TPSA) is 106 Å². The van der Waals surface area contributed by atoms with E-state index in [0.29, 0.717) is 23.7 Å². The van der Waals surface area contributed by atoms with Crippen LogP contribution in [0.15, 0.2) is 36.5 Å². The summed E-state index contributed by atoms with van der Waals surface area (Å²) in [4.78, 5) is 30.3. The van der Waals surface area contributed by atoms with Crippen molar-refractivity contribution in [3.63, 3.8) is 0 Å². The smallest absolute Gasteiger partial charge is 0.420 e. The molecule has 31 heavy (non-hydrogen) atoms. The van der Waals surface area contributed by atoms with Crippen molar-refractivity contribution >= 4 is 40.8 Å². The minimum Gasteiger partial charge on any atom is -0.494 e. The zero-order chi connectivity index (χ0) is 22.8. The fraction of sp³-hybridized carbons (Fsp3) is 0.333. The van der Waals surface area contributed by atoms with E-state index < -0.39 is 24.1 Å². The highest BCUT2D eigenvalue weighted by Crippen LogP contribution is 2.35. The first-order valence-electron chi connectivity index (χ1n) is 9.60. The van der Waals surface area contributed by atoms with Gasteiger partial charge in [-0.2, -0.15) is 9.61 Å². The highest BCUT2D eigenvalue weighted by Gasteiger charge is 2.31. The Labute approximate surface area is 184 Å². The summed E-state index contributed by atoms with van der Waals surface area (Å²) < 4.78 is 12.5. The number of anilines is 2. The molecule has 3 aromatic rings. The predicted molar refractivity (Wildman–Crippen MR) is 115 cm³/mol. The van der Waals surface area contributed by atoms with E-state index in [4.69, 9.17) is 21.1 Å². The number of amides is 1. The Bertz CT molecular complexity index is 1110. The number of hydrogen-bond acceptors (Lipinski definition) is 6. The standard InChI is InChI=1S/C21H23ClN4O5/c1-5-30-14-8-6-13(7-9-14)25(20(29)31-21(2,3)4)19-15(12-17(27)28)18(22)24-16-10-11-23-26(16)19/h6-11H,5,12H2,1-4H3,(H,27,28). The second-order valence-electron chi connectivity index (χ2n) is 7.62. The van der Waals surface area contributed by atoms with Crippen molar-refractivity contribution in [1.29, 1.82) is 0 Å².